The number of nitrogens with zero attached hydrogens (tertiary/aromatic N) is 3. The third-order valence-corrected chi connectivity index (χ3v) is 6.42. The molecule has 1 aliphatic rings. The van der Waals surface area contributed by atoms with Crippen LogP contribution in [0.2, 0.25) is 0 Å². The highest BCUT2D eigenvalue weighted by atomic mass is 79.9. The number of hydrogen-bond acceptors (Lipinski definition) is 3. The Kier molecular flexibility index (Phi) is 5.93. The third kappa shape index (κ3) is 4.19. The van der Waals surface area contributed by atoms with Gasteiger partial charge in [-0.05, 0) is 75.3 Å². The monoisotopic (exact) mass is 459 g/mol. The van der Waals surface area contributed by atoms with Crippen LogP contribution in [0.5, 0.6) is 5.75 Å². The molecule has 0 aliphatic carbocycles. The normalized spacial score (nSPS) is 17.0. The topological polar surface area (TPSA) is 30.3 Å². The van der Waals surface area contributed by atoms with Crippen molar-refractivity contribution in [2.75, 3.05) is 27.2 Å². The van der Waals surface area contributed by atoms with E-state index in [1.807, 2.05) is 6.07 Å². The van der Waals surface area contributed by atoms with Crippen LogP contribution >= 0.6 is 15.9 Å². The lowest BCUT2D eigenvalue weighted by molar-refractivity contribution is 0.220. The lowest BCUT2D eigenvalue weighted by Crippen LogP contribution is -2.32. The van der Waals surface area contributed by atoms with E-state index < -0.39 is 0 Å². The molecule has 0 radical (unpaired) electrons. The Labute approximate surface area is 179 Å². The van der Waals surface area contributed by atoms with Crippen molar-refractivity contribution in [1.29, 1.82) is 0 Å². The highest BCUT2D eigenvalue weighted by molar-refractivity contribution is 9.10. The Morgan fingerprint density at radius 1 is 1.21 bits per heavy atom. The summed E-state index contributed by atoms with van der Waals surface area (Å²) < 4.78 is 22.7. The molecule has 0 saturated carbocycles. The summed E-state index contributed by atoms with van der Waals surface area (Å²) in [4.78, 5) is 7.41. The zero-order chi connectivity index (χ0) is 20.5. The highest BCUT2D eigenvalue weighted by Gasteiger charge is 2.26. The van der Waals surface area contributed by atoms with Crippen molar-refractivity contribution in [3.63, 3.8) is 0 Å². The van der Waals surface area contributed by atoms with Crippen LogP contribution in [-0.2, 0) is 6.42 Å². The van der Waals surface area contributed by atoms with E-state index in [0.29, 0.717) is 6.04 Å². The maximum Gasteiger partial charge on any atom is 0.165 e. The predicted molar refractivity (Wildman–Crippen MR) is 118 cm³/mol. The van der Waals surface area contributed by atoms with Crippen molar-refractivity contribution in [3.05, 3.63) is 58.1 Å². The summed E-state index contributed by atoms with van der Waals surface area (Å²) in [5.74, 6) is 1.23. The second-order valence-electron chi connectivity index (χ2n) is 8.08. The Bertz CT molecular complexity index is 1010. The number of fused-ring (bicyclic) bond motifs is 1. The van der Waals surface area contributed by atoms with Gasteiger partial charge in [0.2, 0.25) is 0 Å². The predicted octanol–water partition coefficient (Wildman–Crippen LogP) is 5.56. The molecule has 1 aliphatic heterocycles. The Balaban J connectivity index is 1.70. The summed E-state index contributed by atoms with van der Waals surface area (Å²) >= 11 is 3.57. The number of rotatable bonds is 5. The summed E-state index contributed by atoms with van der Waals surface area (Å²) in [5, 5.41) is 0. The summed E-state index contributed by atoms with van der Waals surface area (Å²) in [7, 11) is 3.67. The number of benzene rings is 2. The second kappa shape index (κ2) is 8.44. The zero-order valence-electron chi connectivity index (χ0n) is 17.2. The van der Waals surface area contributed by atoms with Gasteiger partial charge in [-0.2, -0.15) is 0 Å². The molecule has 0 N–H and O–H groups in total. The molecule has 154 valence electrons. The SMILES string of the molecule is COc1ccc(CC(C)c2nc3cc(Br)ccc3n2C2CCN(C)CC2)cc1F. The summed E-state index contributed by atoms with van der Waals surface area (Å²) in [6.07, 6.45) is 2.97. The van der Waals surface area contributed by atoms with E-state index in [0.717, 1.165) is 53.7 Å². The largest absolute Gasteiger partial charge is 0.494 e. The first-order valence-corrected chi connectivity index (χ1v) is 10.9. The van der Waals surface area contributed by atoms with Gasteiger partial charge in [0.25, 0.3) is 0 Å². The van der Waals surface area contributed by atoms with E-state index in [2.05, 4.69) is 57.6 Å². The van der Waals surface area contributed by atoms with Crippen LogP contribution < -0.4 is 4.74 Å². The van der Waals surface area contributed by atoms with Crippen molar-refractivity contribution in [2.24, 2.45) is 0 Å². The van der Waals surface area contributed by atoms with Crippen LogP contribution in [0.1, 0.15) is 43.1 Å². The first-order valence-electron chi connectivity index (χ1n) is 10.1. The number of aromatic nitrogens is 2. The maximum atomic E-state index is 14.2. The van der Waals surface area contributed by atoms with Crippen molar-refractivity contribution in [3.8, 4) is 5.75 Å². The van der Waals surface area contributed by atoms with Gasteiger partial charge in [0.05, 0.1) is 18.1 Å². The minimum atomic E-state index is -0.315. The molecular weight excluding hydrogens is 433 g/mol. The Hall–Kier alpha value is -1.92. The second-order valence-corrected chi connectivity index (χ2v) is 9.00. The van der Waals surface area contributed by atoms with Gasteiger partial charge in [-0.3, -0.25) is 0 Å². The van der Waals surface area contributed by atoms with Gasteiger partial charge in [-0.1, -0.05) is 28.9 Å². The van der Waals surface area contributed by atoms with Crippen LogP contribution in [0.25, 0.3) is 11.0 Å². The molecule has 1 saturated heterocycles. The Morgan fingerprint density at radius 2 is 1.97 bits per heavy atom. The Morgan fingerprint density at radius 3 is 2.66 bits per heavy atom. The van der Waals surface area contributed by atoms with Crippen molar-refractivity contribution >= 4 is 27.0 Å². The molecule has 1 atom stereocenters. The lowest BCUT2D eigenvalue weighted by atomic mass is 9.98. The summed E-state index contributed by atoms with van der Waals surface area (Å²) in [6, 6.07) is 12.0. The number of halogens is 2. The molecule has 29 heavy (non-hydrogen) atoms. The molecule has 4 nitrogen and oxygen atoms in total. The number of likely N-dealkylation sites (tertiary alicyclic amines) is 1. The van der Waals surface area contributed by atoms with E-state index in [1.54, 1.807) is 12.1 Å². The van der Waals surface area contributed by atoms with Gasteiger partial charge >= 0.3 is 0 Å². The molecular formula is C23H27BrFN3O. The fourth-order valence-electron chi connectivity index (χ4n) is 4.36. The molecule has 2 aromatic carbocycles. The van der Waals surface area contributed by atoms with Crippen LogP contribution in [0.4, 0.5) is 4.39 Å². The van der Waals surface area contributed by atoms with Crippen LogP contribution in [0.3, 0.4) is 0 Å². The van der Waals surface area contributed by atoms with Gasteiger partial charge in [-0.25, -0.2) is 9.37 Å². The van der Waals surface area contributed by atoms with E-state index >= 15 is 0 Å². The van der Waals surface area contributed by atoms with Crippen molar-refractivity contribution in [2.45, 2.75) is 38.1 Å². The zero-order valence-corrected chi connectivity index (χ0v) is 18.7. The molecule has 6 heteroatoms. The molecule has 0 amide bonds. The minimum absolute atomic E-state index is 0.175. The average Bonchev–Trinajstić information content (AvgIpc) is 3.07. The quantitative estimate of drug-likeness (QED) is 0.500. The van der Waals surface area contributed by atoms with E-state index in [1.165, 1.54) is 12.6 Å². The number of piperidine rings is 1. The first kappa shape index (κ1) is 20.4. The van der Waals surface area contributed by atoms with Gasteiger partial charge in [0.15, 0.2) is 11.6 Å². The lowest BCUT2D eigenvalue weighted by Gasteiger charge is -2.32. The fraction of sp³-hybridized carbons (Fsp3) is 0.435. The number of methoxy groups -OCH3 is 1. The van der Waals surface area contributed by atoms with Gasteiger partial charge in [0.1, 0.15) is 5.82 Å². The van der Waals surface area contributed by atoms with E-state index in [-0.39, 0.29) is 17.5 Å². The van der Waals surface area contributed by atoms with Crippen LogP contribution in [0, 0.1) is 5.82 Å². The van der Waals surface area contributed by atoms with Crippen molar-refractivity contribution in [1.82, 2.24) is 14.5 Å². The number of imidazole rings is 1. The molecule has 1 fully saturated rings. The van der Waals surface area contributed by atoms with Crippen LogP contribution in [0.15, 0.2) is 40.9 Å². The first-order chi connectivity index (χ1) is 14.0. The third-order valence-electron chi connectivity index (χ3n) is 5.93. The molecule has 2 heterocycles. The summed E-state index contributed by atoms with van der Waals surface area (Å²) in [5.41, 5.74) is 3.16. The fourth-order valence-corrected chi connectivity index (χ4v) is 4.71. The molecule has 4 rings (SSSR count). The van der Waals surface area contributed by atoms with E-state index in [9.17, 15) is 4.39 Å². The number of hydrogen-bond donors (Lipinski definition) is 0. The maximum absolute atomic E-state index is 14.2. The van der Waals surface area contributed by atoms with Crippen LogP contribution in [-0.4, -0.2) is 41.7 Å². The minimum Gasteiger partial charge on any atom is -0.494 e. The molecule has 0 bridgehead atoms. The summed E-state index contributed by atoms with van der Waals surface area (Å²) in [6.45, 7) is 4.38. The smallest absolute Gasteiger partial charge is 0.165 e. The standard InChI is InChI=1S/C23H27BrFN3O/c1-15(12-16-4-7-22(29-3)19(25)13-16)23-26-20-14-17(24)5-6-21(20)28(23)18-8-10-27(2)11-9-18/h4-7,13-15,18H,8-12H2,1-3H3. The molecule has 3 aromatic rings. The van der Waals surface area contributed by atoms with Gasteiger partial charge < -0.3 is 14.2 Å². The molecule has 0 spiro atoms. The van der Waals surface area contributed by atoms with Crippen molar-refractivity contribution < 1.29 is 9.13 Å². The highest BCUT2D eigenvalue weighted by Crippen LogP contribution is 2.34. The molecule has 1 aromatic heterocycles. The average molecular weight is 460 g/mol. The van der Waals surface area contributed by atoms with Gasteiger partial charge in [0, 0.05) is 16.4 Å². The molecule has 1 unspecified atom stereocenters. The number of ether oxygens (including phenoxy) is 1. The van der Waals surface area contributed by atoms with E-state index in [4.69, 9.17) is 9.72 Å². The van der Waals surface area contributed by atoms with Gasteiger partial charge in [-0.15, -0.1) is 0 Å².